The van der Waals surface area contributed by atoms with Crippen LogP contribution in [-0.4, -0.2) is 35.6 Å². The number of nitrogens with one attached hydrogen (secondary N) is 2. The highest BCUT2D eigenvalue weighted by atomic mass is 16.5. The van der Waals surface area contributed by atoms with Crippen molar-refractivity contribution in [3.63, 3.8) is 0 Å². The minimum atomic E-state index is -0.352. The van der Waals surface area contributed by atoms with Crippen LogP contribution < -0.4 is 10.2 Å². The van der Waals surface area contributed by atoms with Crippen LogP contribution in [0.25, 0.3) is 0 Å². The van der Waals surface area contributed by atoms with Crippen molar-refractivity contribution in [1.29, 1.82) is 0 Å². The molecule has 1 aromatic heterocycles. The average molecular weight is 370 g/mol. The van der Waals surface area contributed by atoms with E-state index in [-0.39, 0.29) is 18.0 Å². The number of likely N-dealkylation sites (tertiary alicyclic amines) is 1. The Hall–Kier alpha value is -2.60. The van der Waals surface area contributed by atoms with Crippen molar-refractivity contribution in [2.45, 2.75) is 38.8 Å². The van der Waals surface area contributed by atoms with Crippen LogP contribution >= 0.6 is 0 Å². The van der Waals surface area contributed by atoms with E-state index in [1.165, 1.54) is 10.6 Å². The Morgan fingerprint density at radius 2 is 2.00 bits per heavy atom. The van der Waals surface area contributed by atoms with Gasteiger partial charge in [-0.15, -0.1) is 0 Å². The monoisotopic (exact) mass is 370 g/mol. The van der Waals surface area contributed by atoms with Crippen molar-refractivity contribution in [3.8, 4) is 0 Å². The number of hydrogen-bond donors (Lipinski definition) is 2. The number of carbonyl (C=O) groups is 2. The Bertz CT molecular complexity index is 795. The second-order valence-electron chi connectivity index (χ2n) is 7.40. The summed E-state index contributed by atoms with van der Waals surface area (Å²) in [5.74, 6) is -0.363. The van der Waals surface area contributed by atoms with Crippen LogP contribution in [0.15, 0.2) is 42.6 Å². The molecule has 0 bridgehead atoms. The maximum atomic E-state index is 12.5. The molecule has 2 N–H and O–H groups in total. The predicted molar refractivity (Wildman–Crippen MR) is 104 cm³/mol. The Balaban J connectivity index is 1.57. The number of nitrogens with zero attached hydrogens (tertiary/aromatic N) is 1. The van der Waals surface area contributed by atoms with Crippen LogP contribution in [0.5, 0.6) is 0 Å². The van der Waals surface area contributed by atoms with Gasteiger partial charge in [0.2, 0.25) is 0 Å². The van der Waals surface area contributed by atoms with Crippen molar-refractivity contribution < 1.29 is 19.2 Å². The van der Waals surface area contributed by atoms with Gasteiger partial charge in [0, 0.05) is 31.8 Å². The molecule has 1 amide bonds. The second kappa shape index (κ2) is 8.39. The van der Waals surface area contributed by atoms with Gasteiger partial charge < -0.3 is 19.5 Å². The molecule has 1 fully saturated rings. The van der Waals surface area contributed by atoms with Gasteiger partial charge in [-0.3, -0.25) is 4.79 Å². The van der Waals surface area contributed by atoms with Gasteiger partial charge in [-0.2, -0.15) is 0 Å². The molecule has 27 heavy (non-hydrogen) atoms. The summed E-state index contributed by atoms with van der Waals surface area (Å²) in [5, 5.41) is 2.94. The fourth-order valence-electron chi connectivity index (χ4n) is 3.70. The lowest BCUT2D eigenvalue weighted by Gasteiger charge is -2.21. The highest BCUT2D eigenvalue weighted by molar-refractivity contribution is 5.93. The van der Waals surface area contributed by atoms with Crippen LogP contribution in [0.2, 0.25) is 0 Å². The van der Waals surface area contributed by atoms with Gasteiger partial charge in [0.05, 0.1) is 23.9 Å². The molecule has 0 saturated carbocycles. The average Bonchev–Trinajstić information content (AvgIpc) is 3.23. The molecule has 1 saturated heterocycles. The molecule has 0 radical (unpaired) electrons. The van der Waals surface area contributed by atoms with Gasteiger partial charge in [0.15, 0.2) is 6.54 Å². The highest BCUT2D eigenvalue weighted by Gasteiger charge is 2.32. The maximum absolute atomic E-state index is 12.5. The summed E-state index contributed by atoms with van der Waals surface area (Å²) in [4.78, 5) is 25.7. The molecule has 0 spiro atoms. The molecule has 2 atom stereocenters. The lowest BCUT2D eigenvalue weighted by Crippen LogP contribution is -3.11. The van der Waals surface area contributed by atoms with Gasteiger partial charge in [-0.1, -0.05) is 0 Å². The molecule has 6 heteroatoms. The number of aryl methyl sites for hydroxylation is 1. The number of benzene rings is 1. The van der Waals surface area contributed by atoms with Crippen molar-refractivity contribution in [3.05, 3.63) is 53.9 Å². The number of amides is 1. The van der Waals surface area contributed by atoms with Crippen molar-refractivity contribution in [2.24, 2.45) is 7.05 Å². The van der Waals surface area contributed by atoms with Gasteiger partial charge in [0.1, 0.15) is 6.04 Å². The number of ether oxygens (including phenoxy) is 1. The second-order valence-corrected chi connectivity index (χ2v) is 7.40. The summed E-state index contributed by atoms with van der Waals surface area (Å²) in [7, 11) is 2.05. The van der Waals surface area contributed by atoms with E-state index in [1.807, 2.05) is 13.8 Å². The Kier molecular flexibility index (Phi) is 5.96. The third-order valence-electron chi connectivity index (χ3n) is 4.96. The fourth-order valence-corrected chi connectivity index (χ4v) is 3.70. The van der Waals surface area contributed by atoms with Crippen molar-refractivity contribution in [2.75, 3.05) is 18.4 Å². The standard InChI is InChI=1S/C21H27N3O3/c1-15(2)27-21(26)16-8-10-17(11-9-16)22-20(25)14-24-13-5-7-19(24)18-6-4-12-23(18)3/h4,6,8-12,15,19H,5,7,13-14H2,1-3H3,(H,22,25)/p+1/t19-/m0/s1. The minimum absolute atomic E-state index is 0.0105. The molecule has 2 heterocycles. The third kappa shape index (κ3) is 4.77. The molecule has 144 valence electrons. The predicted octanol–water partition coefficient (Wildman–Crippen LogP) is 1.95. The van der Waals surface area contributed by atoms with E-state index in [0.717, 1.165) is 19.4 Å². The van der Waals surface area contributed by atoms with Gasteiger partial charge in [-0.25, -0.2) is 4.79 Å². The summed E-state index contributed by atoms with van der Waals surface area (Å²) >= 11 is 0. The molecule has 0 aliphatic carbocycles. The first-order valence-corrected chi connectivity index (χ1v) is 9.50. The van der Waals surface area contributed by atoms with Crippen LogP contribution in [0, 0.1) is 0 Å². The number of quaternary nitrogens is 1. The fraction of sp³-hybridized carbons (Fsp3) is 0.429. The summed E-state index contributed by atoms with van der Waals surface area (Å²) in [6.45, 7) is 5.07. The van der Waals surface area contributed by atoms with Crippen LogP contribution in [-0.2, 0) is 16.6 Å². The van der Waals surface area contributed by atoms with Crippen LogP contribution in [0.3, 0.4) is 0 Å². The maximum Gasteiger partial charge on any atom is 0.338 e. The molecular weight excluding hydrogens is 342 g/mol. The quantitative estimate of drug-likeness (QED) is 0.764. The van der Waals surface area contributed by atoms with E-state index < -0.39 is 0 Å². The van der Waals surface area contributed by atoms with Crippen LogP contribution in [0.1, 0.15) is 48.8 Å². The zero-order chi connectivity index (χ0) is 19.4. The number of anilines is 1. The molecule has 1 aliphatic rings. The van der Waals surface area contributed by atoms with Crippen molar-refractivity contribution in [1.82, 2.24) is 4.57 Å². The largest absolute Gasteiger partial charge is 0.459 e. The molecule has 6 nitrogen and oxygen atoms in total. The lowest BCUT2D eigenvalue weighted by atomic mass is 10.1. The summed E-state index contributed by atoms with van der Waals surface area (Å²) in [6, 6.07) is 11.4. The van der Waals surface area contributed by atoms with Crippen molar-refractivity contribution >= 4 is 17.6 Å². The highest BCUT2D eigenvalue weighted by Crippen LogP contribution is 2.19. The molecule has 2 aromatic rings. The van der Waals surface area contributed by atoms with E-state index in [9.17, 15) is 9.59 Å². The zero-order valence-electron chi connectivity index (χ0n) is 16.2. The number of rotatable bonds is 6. The van der Waals surface area contributed by atoms with E-state index >= 15 is 0 Å². The zero-order valence-corrected chi connectivity index (χ0v) is 16.2. The lowest BCUT2D eigenvalue weighted by molar-refractivity contribution is -0.910. The van der Waals surface area contributed by atoms with E-state index in [2.05, 4.69) is 35.3 Å². The van der Waals surface area contributed by atoms with E-state index in [0.29, 0.717) is 23.8 Å². The molecule has 1 aromatic carbocycles. The van der Waals surface area contributed by atoms with Crippen LogP contribution in [0.4, 0.5) is 5.69 Å². The molecular formula is C21H28N3O3+. The number of aromatic nitrogens is 1. The Morgan fingerprint density at radius 1 is 1.26 bits per heavy atom. The molecule has 3 rings (SSSR count). The first-order valence-electron chi connectivity index (χ1n) is 9.50. The van der Waals surface area contributed by atoms with Gasteiger partial charge in [-0.05, 0) is 50.2 Å². The number of hydrogen-bond acceptors (Lipinski definition) is 3. The topological polar surface area (TPSA) is 64.8 Å². The SMILES string of the molecule is CC(C)OC(=O)c1ccc(NC(=O)C[NH+]2CCC[C@H]2c2cccn2C)cc1. The number of carbonyl (C=O) groups excluding carboxylic acids is 2. The normalized spacial score (nSPS) is 19.3. The smallest absolute Gasteiger partial charge is 0.338 e. The van der Waals surface area contributed by atoms with Gasteiger partial charge >= 0.3 is 5.97 Å². The Labute approximate surface area is 160 Å². The first-order chi connectivity index (χ1) is 12.9. The van der Waals surface area contributed by atoms with Gasteiger partial charge in [0.25, 0.3) is 5.91 Å². The molecule has 1 unspecified atom stereocenters. The Morgan fingerprint density at radius 3 is 2.63 bits per heavy atom. The third-order valence-corrected chi connectivity index (χ3v) is 4.96. The minimum Gasteiger partial charge on any atom is -0.459 e. The summed E-state index contributed by atoms with van der Waals surface area (Å²) in [6.07, 6.45) is 4.13. The number of esters is 1. The summed E-state index contributed by atoms with van der Waals surface area (Å²) < 4.78 is 7.31. The summed E-state index contributed by atoms with van der Waals surface area (Å²) in [5.41, 5.74) is 2.45. The van der Waals surface area contributed by atoms with E-state index in [1.54, 1.807) is 24.3 Å². The van der Waals surface area contributed by atoms with E-state index in [4.69, 9.17) is 4.74 Å². The molecule has 1 aliphatic heterocycles. The first kappa shape index (κ1) is 19.2.